The summed E-state index contributed by atoms with van der Waals surface area (Å²) in [7, 11) is 0. The zero-order chi connectivity index (χ0) is 10.2. The van der Waals surface area contributed by atoms with Gasteiger partial charge in [0.1, 0.15) is 0 Å². The van der Waals surface area contributed by atoms with Crippen LogP contribution in [0.1, 0.15) is 33.1 Å². The van der Waals surface area contributed by atoms with E-state index >= 15 is 0 Å². The zero-order valence-corrected chi connectivity index (χ0v) is 9.81. The van der Waals surface area contributed by atoms with Crippen LogP contribution in [0, 0.1) is 0 Å². The molecule has 0 fully saturated rings. The topological polar surface area (TPSA) is 0 Å². The smallest absolute Gasteiger partial charge is 0.0118 e. The monoisotopic (exact) mass is 206 g/mol. The molecule has 14 heavy (non-hydrogen) atoms. The molecule has 0 saturated heterocycles. The molecule has 0 radical (unpaired) electrons. The lowest BCUT2D eigenvalue weighted by atomic mass is 10.3. The van der Waals surface area contributed by atoms with E-state index in [-0.39, 0.29) is 0 Å². The van der Waals surface area contributed by atoms with Gasteiger partial charge in [-0.05, 0) is 29.9 Å². The third kappa shape index (κ3) is 4.01. The summed E-state index contributed by atoms with van der Waals surface area (Å²) < 4.78 is 0. The van der Waals surface area contributed by atoms with Crippen LogP contribution in [-0.2, 0) is 0 Å². The lowest BCUT2D eigenvalue weighted by molar-refractivity contribution is 0.948. The number of hydrogen-bond donors (Lipinski definition) is 0. The lowest BCUT2D eigenvalue weighted by Crippen LogP contribution is -1.76. The fourth-order valence-electron chi connectivity index (χ4n) is 1.20. The molecule has 1 heteroatoms. The Morgan fingerprint density at radius 3 is 2.50 bits per heavy atom. The summed E-state index contributed by atoms with van der Waals surface area (Å²) in [6, 6.07) is 10.6. The summed E-state index contributed by atoms with van der Waals surface area (Å²) in [4.78, 5) is 2.83. The van der Waals surface area contributed by atoms with E-state index in [1.165, 1.54) is 22.6 Å². The molecule has 0 bridgehead atoms. The first kappa shape index (κ1) is 11.4. The minimum atomic E-state index is 1.14. The van der Waals surface area contributed by atoms with Crippen LogP contribution in [0.2, 0.25) is 0 Å². The van der Waals surface area contributed by atoms with E-state index in [0.717, 1.165) is 6.42 Å². The number of rotatable bonds is 5. The van der Waals surface area contributed by atoms with E-state index in [1.807, 2.05) is 11.8 Å². The van der Waals surface area contributed by atoms with Gasteiger partial charge in [0.2, 0.25) is 0 Å². The molecule has 0 atom stereocenters. The van der Waals surface area contributed by atoms with Crippen molar-refractivity contribution in [1.82, 2.24) is 0 Å². The first-order valence-corrected chi connectivity index (χ1v) is 6.10. The molecule has 0 N–H and O–H groups in total. The van der Waals surface area contributed by atoms with E-state index < -0.39 is 0 Å². The van der Waals surface area contributed by atoms with Crippen LogP contribution in [0.4, 0.5) is 0 Å². The van der Waals surface area contributed by atoms with Crippen molar-refractivity contribution in [2.24, 2.45) is 0 Å². The fourth-order valence-corrected chi connectivity index (χ4v) is 2.14. The van der Waals surface area contributed by atoms with Gasteiger partial charge in [-0.15, -0.1) is 0 Å². The Morgan fingerprint density at radius 1 is 1.21 bits per heavy atom. The first-order chi connectivity index (χ1) is 6.86. The van der Waals surface area contributed by atoms with Crippen LogP contribution in [-0.4, -0.2) is 0 Å². The number of unbranched alkanes of at least 4 members (excludes halogenated alkanes) is 1. The van der Waals surface area contributed by atoms with Crippen LogP contribution >= 0.6 is 11.8 Å². The molecule has 0 amide bonds. The highest BCUT2D eigenvalue weighted by Gasteiger charge is 1.96. The van der Waals surface area contributed by atoms with E-state index in [9.17, 15) is 0 Å². The summed E-state index contributed by atoms with van der Waals surface area (Å²) in [6.45, 7) is 4.44. The van der Waals surface area contributed by atoms with Crippen LogP contribution in [0.25, 0.3) is 0 Å². The van der Waals surface area contributed by atoms with Gasteiger partial charge in [-0.25, -0.2) is 0 Å². The average Bonchev–Trinajstić information content (AvgIpc) is 2.25. The largest absolute Gasteiger partial charge is 0.0949 e. The molecular formula is C13H18S. The van der Waals surface area contributed by atoms with Crippen LogP contribution < -0.4 is 0 Å². The predicted molar refractivity (Wildman–Crippen MR) is 65.6 cm³/mol. The number of benzene rings is 1. The van der Waals surface area contributed by atoms with Crippen molar-refractivity contribution in [3.63, 3.8) is 0 Å². The summed E-state index contributed by atoms with van der Waals surface area (Å²) in [5, 5.41) is 0. The van der Waals surface area contributed by atoms with E-state index in [1.54, 1.807) is 0 Å². The standard InChI is InChI=1S/C13H18S/c1-3-5-9-12(4-2)14-13-10-7-6-8-11-13/h6-11H,3-5H2,1-2H3/b12-9+. The molecular weight excluding hydrogens is 188 g/mol. The molecule has 1 aromatic carbocycles. The van der Waals surface area contributed by atoms with Crippen molar-refractivity contribution in [2.45, 2.75) is 38.0 Å². The highest BCUT2D eigenvalue weighted by molar-refractivity contribution is 8.03. The summed E-state index contributed by atoms with van der Waals surface area (Å²) >= 11 is 1.89. The molecule has 76 valence electrons. The Balaban J connectivity index is 2.57. The minimum absolute atomic E-state index is 1.14. The molecule has 0 aliphatic rings. The van der Waals surface area contributed by atoms with Gasteiger partial charge >= 0.3 is 0 Å². The summed E-state index contributed by atoms with van der Waals surface area (Å²) in [6.07, 6.45) is 5.93. The van der Waals surface area contributed by atoms with Gasteiger partial charge in [-0.1, -0.05) is 56.3 Å². The van der Waals surface area contributed by atoms with E-state index in [2.05, 4.69) is 50.3 Å². The number of thioether (sulfide) groups is 1. The minimum Gasteiger partial charge on any atom is -0.0949 e. The molecule has 1 rings (SSSR count). The second kappa shape index (κ2) is 6.72. The van der Waals surface area contributed by atoms with E-state index in [0.29, 0.717) is 0 Å². The molecule has 0 spiro atoms. The quantitative estimate of drug-likeness (QED) is 0.619. The van der Waals surface area contributed by atoms with Gasteiger partial charge < -0.3 is 0 Å². The van der Waals surface area contributed by atoms with Crippen molar-refractivity contribution >= 4 is 11.8 Å². The van der Waals surface area contributed by atoms with Gasteiger partial charge in [0, 0.05) is 4.90 Å². The van der Waals surface area contributed by atoms with E-state index in [4.69, 9.17) is 0 Å². The van der Waals surface area contributed by atoms with Crippen molar-refractivity contribution < 1.29 is 0 Å². The predicted octanol–water partition coefficient (Wildman–Crippen LogP) is 4.87. The van der Waals surface area contributed by atoms with Gasteiger partial charge in [-0.3, -0.25) is 0 Å². The number of hydrogen-bond acceptors (Lipinski definition) is 1. The van der Waals surface area contributed by atoms with Crippen molar-refractivity contribution in [2.75, 3.05) is 0 Å². The molecule has 0 unspecified atom stereocenters. The molecule has 0 saturated carbocycles. The van der Waals surface area contributed by atoms with Crippen LogP contribution in [0.15, 0.2) is 46.2 Å². The zero-order valence-electron chi connectivity index (χ0n) is 8.99. The van der Waals surface area contributed by atoms with Crippen molar-refractivity contribution in [1.29, 1.82) is 0 Å². The normalized spacial score (nSPS) is 11.7. The summed E-state index contributed by atoms with van der Waals surface area (Å²) in [5.41, 5.74) is 0. The molecule has 0 aromatic heterocycles. The van der Waals surface area contributed by atoms with Crippen LogP contribution in [0.5, 0.6) is 0 Å². The maximum atomic E-state index is 2.36. The lowest BCUT2D eigenvalue weighted by Gasteiger charge is -2.03. The fraction of sp³-hybridized carbons (Fsp3) is 0.385. The first-order valence-electron chi connectivity index (χ1n) is 5.28. The molecule has 1 aromatic rings. The third-order valence-electron chi connectivity index (χ3n) is 2.00. The van der Waals surface area contributed by atoms with Crippen molar-refractivity contribution in [3.05, 3.63) is 41.3 Å². The number of allylic oxidation sites excluding steroid dienone is 2. The molecule has 0 nitrogen and oxygen atoms in total. The Labute approximate surface area is 91.4 Å². The Kier molecular flexibility index (Phi) is 5.46. The Bertz CT molecular complexity index is 275. The molecule has 0 aliphatic carbocycles. The molecule has 0 heterocycles. The van der Waals surface area contributed by atoms with Gasteiger partial charge in [0.05, 0.1) is 0 Å². The Morgan fingerprint density at radius 2 is 1.93 bits per heavy atom. The molecule has 0 aliphatic heterocycles. The van der Waals surface area contributed by atoms with Gasteiger partial charge in [-0.2, -0.15) is 0 Å². The summed E-state index contributed by atoms with van der Waals surface area (Å²) in [5.74, 6) is 0. The third-order valence-corrected chi connectivity index (χ3v) is 3.23. The Hall–Kier alpha value is -0.690. The second-order valence-corrected chi connectivity index (χ2v) is 4.43. The van der Waals surface area contributed by atoms with Crippen molar-refractivity contribution in [3.8, 4) is 0 Å². The van der Waals surface area contributed by atoms with Crippen LogP contribution in [0.3, 0.4) is 0 Å². The highest BCUT2D eigenvalue weighted by atomic mass is 32.2. The maximum absolute atomic E-state index is 2.36. The van der Waals surface area contributed by atoms with Gasteiger partial charge in [0.15, 0.2) is 0 Å². The second-order valence-electron chi connectivity index (χ2n) is 3.23. The maximum Gasteiger partial charge on any atom is 0.0118 e. The average molecular weight is 206 g/mol. The highest BCUT2D eigenvalue weighted by Crippen LogP contribution is 2.28. The SMILES string of the molecule is CCC/C=C(\CC)Sc1ccccc1. The van der Waals surface area contributed by atoms with Gasteiger partial charge in [0.25, 0.3) is 0 Å².